The van der Waals surface area contributed by atoms with Gasteiger partial charge in [-0.25, -0.2) is 0 Å². The molecular formula is C18H20N4O3. The zero-order chi connectivity index (χ0) is 18.4. The Kier molecular flexibility index (Phi) is 5.73. The van der Waals surface area contributed by atoms with Gasteiger partial charge in [0.15, 0.2) is 0 Å². The van der Waals surface area contributed by atoms with Crippen molar-refractivity contribution < 1.29 is 14.4 Å². The normalized spacial score (nSPS) is 9.88. The second-order valence-electron chi connectivity index (χ2n) is 5.61. The lowest BCUT2D eigenvalue weighted by molar-refractivity contribution is -0.132. The molecule has 0 atom stereocenters. The number of nitrogens with zero attached hydrogens (tertiary/aromatic N) is 1. The van der Waals surface area contributed by atoms with Gasteiger partial charge in [-0.05, 0) is 42.5 Å². The van der Waals surface area contributed by atoms with Crippen LogP contribution in [0.15, 0.2) is 48.5 Å². The predicted octanol–water partition coefficient (Wildman–Crippen LogP) is 2.29. The SMILES string of the molecule is CC(=O)Nc1ccc(NC(=O)C(=O)Nc2cccc(N(C)C)c2)cc1. The summed E-state index contributed by atoms with van der Waals surface area (Å²) in [5, 5.41) is 7.69. The molecule has 0 aliphatic rings. The minimum atomic E-state index is -0.775. The lowest BCUT2D eigenvalue weighted by atomic mass is 10.2. The largest absolute Gasteiger partial charge is 0.378 e. The Morgan fingerprint density at radius 1 is 0.760 bits per heavy atom. The van der Waals surface area contributed by atoms with Crippen LogP contribution in [0.25, 0.3) is 0 Å². The predicted molar refractivity (Wildman–Crippen MR) is 98.8 cm³/mol. The summed E-state index contributed by atoms with van der Waals surface area (Å²) in [5.41, 5.74) is 2.51. The number of nitrogens with one attached hydrogen (secondary N) is 3. The van der Waals surface area contributed by atoms with Crippen molar-refractivity contribution in [3.8, 4) is 0 Å². The van der Waals surface area contributed by atoms with Gasteiger partial charge in [-0.3, -0.25) is 14.4 Å². The van der Waals surface area contributed by atoms with Crippen LogP contribution in [0.5, 0.6) is 0 Å². The number of carbonyl (C=O) groups excluding carboxylic acids is 3. The van der Waals surface area contributed by atoms with E-state index in [-0.39, 0.29) is 5.91 Å². The molecule has 0 aromatic heterocycles. The number of hydrogen-bond donors (Lipinski definition) is 3. The molecule has 0 saturated heterocycles. The van der Waals surface area contributed by atoms with Crippen molar-refractivity contribution in [2.45, 2.75) is 6.92 Å². The highest BCUT2D eigenvalue weighted by Crippen LogP contribution is 2.17. The first-order valence-electron chi connectivity index (χ1n) is 7.62. The van der Waals surface area contributed by atoms with Crippen LogP contribution in [0, 0.1) is 0 Å². The van der Waals surface area contributed by atoms with Gasteiger partial charge < -0.3 is 20.9 Å². The van der Waals surface area contributed by atoms with Crippen molar-refractivity contribution >= 4 is 40.5 Å². The van der Waals surface area contributed by atoms with Gasteiger partial charge in [0, 0.05) is 43.8 Å². The van der Waals surface area contributed by atoms with Crippen LogP contribution in [-0.2, 0) is 14.4 Å². The quantitative estimate of drug-likeness (QED) is 0.745. The number of rotatable bonds is 4. The third kappa shape index (κ3) is 5.35. The molecule has 0 radical (unpaired) electrons. The zero-order valence-corrected chi connectivity index (χ0v) is 14.3. The minimum Gasteiger partial charge on any atom is -0.378 e. The highest BCUT2D eigenvalue weighted by atomic mass is 16.2. The summed E-state index contributed by atoms with van der Waals surface area (Å²) < 4.78 is 0. The number of amides is 3. The number of carbonyl (C=O) groups is 3. The van der Waals surface area contributed by atoms with E-state index in [0.717, 1.165) is 5.69 Å². The van der Waals surface area contributed by atoms with Crippen molar-refractivity contribution in [3.63, 3.8) is 0 Å². The molecule has 0 spiro atoms. The smallest absolute Gasteiger partial charge is 0.314 e. The molecule has 0 heterocycles. The number of benzene rings is 2. The first-order chi connectivity index (χ1) is 11.8. The van der Waals surface area contributed by atoms with E-state index >= 15 is 0 Å². The van der Waals surface area contributed by atoms with E-state index in [9.17, 15) is 14.4 Å². The molecule has 7 nitrogen and oxygen atoms in total. The van der Waals surface area contributed by atoms with E-state index in [1.54, 1.807) is 42.5 Å². The molecule has 25 heavy (non-hydrogen) atoms. The maximum absolute atomic E-state index is 12.0. The van der Waals surface area contributed by atoms with Crippen molar-refractivity contribution in [3.05, 3.63) is 48.5 Å². The van der Waals surface area contributed by atoms with Crippen molar-refractivity contribution in [1.82, 2.24) is 0 Å². The van der Waals surface area contributed by atoms with E-state index < -0.39 is 11.8 Å². The Labute approximate surface area is 146 Å². The van der Waals surface area contributed by atoms with Crippen LogP contribution >= 0.6 is 0 Å². The van der Waals surface area contributed by atoms with Crippen molar-refractivity contribution in [2.75, 3.05) is 34.9 Å². The molecule has 2 aromatic rings. The topological polar surface area (TPSA) is 90.5 Å². The highest BCUT2D eigenvalue weighted by Gasteiger charge is 2.14. The van der Waals surface area contributed by atoms with E-state index in [2.05, 4.69) is 16.0 Å². The van der Waals surface area contributed by atoms with Gasteiger partial charge in [-0.2, -0.15) is 0 Å². The van der Waals surface area contributed by atoms with E-state index in [1.807, 2.05) is 25.1 Å². The van der Waals surface area contributed by atoms with Crippen LogP contribution in [0.2, 0.25) is 0 Å². The highest BCUT2D eigenvalue weighted by molar-refractivity contribution is 6.43. The van der Waals surface area contributed by atoms with Crippen LogP contribution in [0.1, 0.15) is 6.92 Å². The lowest BCUT2D eigenvalue weighted by Gasteiger charge is -2.14. The molecule has 130 valence electrons. The molecule has 3 amide bonds. The third-order valence-corrected chi connectivity index (χ3v) is 3.29. The molecule has 2 aromatic carbocycles. The summed E-state index contributed by atoms with van der Waals surface area (Å²) >= 11 is 0. The van der Waals surface area contributed by atoms with E-state index in [1.165, 1.54) is 6.92 Å². The van der Waals surface area contributed by atoms with Crippen LogP contribution in [0.3, 0.4) is 0 Å². The number of anilines is 4. The molecule has 3 N–H and O–H groups in total. The average molecular weight is 340 g/mol. The molecule has 0 saturated carbocycles. The molecule has 0 unspecified atom stereocenters. The fourth-order valence-electron chi connectivity index (χ4n) is 2.08. The molecule has 0 aliphatic heterocycles. The second kappa shape index (κ2) is 7.96. The van der Waals surface area contributed by atoms with Crippen molar-refractivity contribution in [1.29, 1.82) is 0 Å². The summed E-state index contributed by atoms with van der Waals surface area (Å²) in [6, 6.07) is 13.6. The summed E-state index contributed by atoms with van der Waals surface area (Å²) in [6.07, 6.45) is 0. The van der Waals surface area contributed by atoms with Crippen LogP contribution in [-0.4, -0.2) is 31.8 Å². The molecule has 0 fully saturated rings. The van der Waals surface area contributed by atoms with E-state index in [4.69, 9.17) is 0 Å². The van der Waals surface area contributed by atoms with Gasteiger partial charge in [-0.15, -0.1) is 0 Å². The van der Waals surface area contributed by atoms with Gasteiger partial charge >= 0.3 is 11.8 Å². The standard InChI is InChI=1S/C18H20N4O3/c1-12(23)19-13-7-9-14(10-8-13)20-17(24)18(25)21-15-5-4-6-16(11-15)22(2)3/h4-11H,1-3H3,(H,19,23)(H,20,24)(H,21,25). The molecule has 0 bridgehead atoms. The maximum Gasteiger partial charge on any atom is 0.314 e. The summed E-state index contributed by atoms with van der Waals surface area (Å²) in [5.74, 6) is -1.72. The number of hydrogen-bond acceptors (Lipinski definition) is 4. The fraction of sp³-hybridized carbons (Fsp3) is 0.167. The third-order valence-electron chi connectivity index (χ3n) is 3.29. The summed E-state index contributed by atoms with van der Waals surface area (Å²) in [4.78, 5) is 36.9. The van der Waals surface area contributed by atoms with Gasteiger partial charge in [0.05, 0.1) is 0 Å². The fourth-order valence-corrected chi connectivity index (χ4v) is 2.08. The molecule has 2 rings (SSSR count). The second-order valence-corrected chi connectivity index (χ2v) is 5.61. The minimum absolute atomic E-state index is 0.184. The Hall–Kier alpha value is -3.35. The van der Waals surface area contributed by atoms with Gasteiger partial charge in [-0.1, -0.05) is 6.07 Å². The van der Waals surface area contributed by atoms with Crippen LogP contribution < -0.4 is 20.9 Å². The van der Waals surface area contributed by atoms with E-state index in [0.29, 0.717) is 17.1 Å². The molecule has 0 aliphatic carbocycles. The van der Waals surface area contributed by atoms with Crippen LogP contribution in [0.4, 0.5) is 22.7 Å². The monoisotopic (exact) mass is 340 g/mol. The first kappa shape index (κ1) is 18.0. The Balaban J connectivity index is 1.97. The Morgan fingerprint density at radius 3 is 1.80 bits per heavy atom. The summed E-state index contributed by atoms with van der Waals surface area (Å²) in [6.45, 7) is 1.41. The Morgan fingerprint density at radius 2 is 1.28 bits per heavy atom. The zero-order valence-electron chi connectivity index (χ0n) is 14.3. The van der Waals surface area contributed by atoms with Crippen molar-refractivity contribution in [2.24, 2.45) is 0 Å². The van der Waals surface area contributed by atoms with Gasteiger partial charge in [0.25, 0.3) is 0 Å². The first-order valence-corrected chi connectivity index (χ1v) is 7.62. The Bertz CT molecular complexity index is 785. The molecule has 7 heteroatoms. The van der Waals surface area contributed by atoms with Gasteiger partial charge in [0.2, 0.25) is 5.91 Å². The molecular weight excluding hydrogens is 320 g/mol. The lowest BCUT2D eigenvalue weighted by Crippen LogP contribution is -2.29. The average Bonchev–Trinajstić information content (AvgIpc) is 2.56. The maximum atomic E-state index is 12.0. The summed E-state index contributed by atoms with van der Waals surface area (Å²) in [7, 11) is 3.77. The van der Waals surface area contributed by atoms with Gasteiger partial charge in [0.1, 0.15) is 0 Å².